The van der Waals surface area contributed by atoms with E-state index in [1.807, 2.05) is 51.2 Å². The van der Waals surface area contributed by atoms with Crippen LogP contribution in [0.5, 0.6) is 28.7 Å². The molecule has 3 aromatic carbocycles. The minimum Gasteiger partial charge on any atom is -0.504 e. The molecule has 1 unspecified atom stereocenters. The lowest BCUT2D eigenvalue weighted by molar-refractivity contribution is -0.151. The van der Waals surface area contributed by atoms with Crippen molar-refractivity contribution in [2.45, 2.75) is 75.2 Å². The molecule has 0 aromatic heterocycles. The van der Waals surface area contributed by atoms with Crippen molar-refractivity contribution >= 4 is 23.7 Å². The first-order valence-electron chi connectivity index (χ1n) is 17.1. The first-order valence-corrected chi connectivity index (χ1v) is 18.2. The summed E-state index contributed by atoms with van der Waals surface area (Å²) in [7, 11) is 3.56. The molecule has 3 aromatic rings. The number of rotatable bonds is 5. The van der Waals surface area contributed by atoms with E-state index in [2.05, 4.69) is 27.3 Å². The molecule has 6 heterocycles. The quantitative estimate of drug-likeness (QED) is 0.286. The average molecular weight is 713 g/mol. The largest absolute Gasteiger partial charge is 0.504 e. The molecule has 2 fully saturated rings. The zero-order chi connectivity index (χ0) is 35.7. The zero-order valence-corrected chi connectivity index (χ0v) is 29.9. The Morgan fingerprint density at radius 2 is 1.88 bits per heavy atom. The van der Waals surface area contributed by atoms with Crippen LogP contribution in [0.25, 0.3) is 0 Å². The maximum absolute atomic E-state index is 13.8. The number of nitrogens with one attached hydrogen (secondary N) is 1. The number of thioether (sulfide) groups is 1. The molecular formula is C38H40N4O8S. The summed E-state index contributed by atoms with van der Waals surface area (Å²) in [5.74, 6) is 1.27. The fraction of sp³-hybridized carbons (Fsp3) is 0.447. The van der Waals surface area contributed by atoms with Crippen molar-refractivity contribution in [3.63, 3.8) is 0 Å². The average Bonchev–Trinajstić information content (AvgIpc) is 3.60. The summed E-state index contributed by atoms with van der Waals surface area (Å²) in [4.78, 5) is 31.0. The van der Waals surface area contributed by atoms with Crippen molar-refractivity contribution in [2.75, 3.05) is 33.3 Å². The Morgan fingerprint density at radius 3 is 2.61 bits per heavy atom. The van der Waals surface area contributed by atoms with Gasteiger partial charge in [-0.3, -0.25) is 24.7 Å². The van der Waals surface area contributed by atoms with Gasteiger partial charge in [0.2, 0.25) is 6.79 Å². The number of benzene rings is 3. The van der Waals surface area contributed by atoms with Gasteiger partial charge in [-0.05, 0) is 44.0 Å². The summed E-state index contributed by atoms with van der Waals surface area (Å²) in [6.45, 7) is 5.48. The van der Waals surface area contributed by atoms with E-state index in [-0.39, 0.29) is 25.2 Å². The van der Waals surface area contributed by atoms with Gasteiger partial charge < -0.3 is 28.8 Å². The Kier molecular flexibility index (Phi) is 8.53. The second kappa shape index (κ2) is 12.9. The van der Waals surface area contributed by atoms with Crippen LogP contribution in [-0.4, -0.2) is 84.3 Å². The molecule has 0 amide bonds. The minimum atomic E-state index is -0.664. The van der Waals surface area contributed by atoms with Crippen LogP contribution in [-0.2, 0) is 27.3 Å². The second-order valence-corrected chi connectivity index (χ2v) is 15.0. The number of nitriles is 1. The molecule has 266 valence electrons. The number of aryl methyl sites for hydroxylation is 1. The van der Waals surface area contributed by atoms with Crippen LogP contribution in [0.4, 0.5) is 0 Å². The number of hydrogen-bond donors (Lipinski definition) is 2. The Balaban J connectivity index is 1.36. The number of phenolic OH excluding ortho intramolecular Hbond substituents is 1. The number of piperazine rings is 1. The van der Waals surface area contributed by atoms with Gasteiger partial charge in [-0.1, -0.05) is 36.4 Å². The number of aromatic hydroxyl groups is 1. The number of nitrogens with zero attached hydrogens (tertiary/aromatic N) is 3. The number of phenols is 1. The van der Waals surface area contributed by atoms with E-state index < -0.39 is 47.4 Å². The number of carbonyl (C=O) groups excluding carboxylic acids is 2. The molecule has 51 heavy (non-hydrogen) atoms. The third-order valence-corrected chi connectivity index (χ3v) is 12.5. The SMILES string of the molecule is COc1c(C)cc2c(c1O)[C@@H]1C3[C@@H]4SC[C@@H](NCc5ccccc5)C(=O)OC[C@H](c5c6c(c(C)c(OC(C)=O)c54)OCO6)N3[C@@H](C#N)[C@@H](C2)N1C. The van der Waals surface area contributed by atoms with Gasteiger partial charge in [0.05, 0.1) is 30.5 Å². The molecular weight excluding hydrogens is 673 g/mol. The molecule has 0 aliphatic carbocycles. The highest BCUT2D eigenvalue weighted by atomic mass is 32.2. The van der Waals surface area contributed by atoms with E-state index in [1.54, 1.807) is 7.11 Å². The lowest BCUT2D eigenvalue weighted by Gasteiger charge is -2.61. The molecule has 13 heteroatoms. The summed E-state index contributed by atoms with van der Waals surface area (Å²) in [5, 5.41) is 25.9. The van der Waals surface area contributed by atoms with Crippen LogP contribution < -0.4 is 24.3 Å². The Morgan fingerprint density at radius 1 is 1.12 bits per heavy atom. The van der Waals surface area contributed by atoms with E-state index in [9.17, 15) is 20.0 Å². The van der Waals surface area contributed by atoms with Gasteiger partial charge in [0.15, 0.2) is 23.0 Å². The Labute approximate surface area is 300 Å². The fourth-order valence-corrected chi connectivity index (χ4v) is 10.5. The highest BCUT2D eigenvalue weighted by molar-refractivity contribution is 7.99. The third-order valence-electron chi connectivity index (χ3n) is 11.1. The monoisotopic (exact) mass is 712 g/mol. The molecule has 9 rings (SSSR count). The van der Waals surface area contributed by atoms with Crippen molar-refractivity contribution < 1.29 is 38.4 Å². The third kappa shape index (κ3) is 5.22. The molecule has 0 saturated carbocycles. The van der Waals surface area contributed by atoms with Gasteiger partial charge in [-0.25, -0.2) is 0 Å². The fourth-order valence-electron chi connectivity index (χ4n) is 8.95. The molecule has 6 aliphatic rings. The maximum atomic E-state index is 13.8. The van der Waals surface area contributed by atoms with Gasteiger partial charge in [0, 0.05) is 53.6 Å². The minimum absolute atomic E-state index is 0.0264. The second-order valence-electron chi connectivity index (χ2n) is 13.8. The molecule has 2 saturated heterocycles. The van der Waals surface area contributed by atoms with Gasteiger partial charge in [0.25, 0.3) is 0 Å². The van der Waals surface area contributed by atoms with Crippen LogP contribution in [0.2, 0.25) is 0 Å². The van der Waals surface area contributed by atoms with Gasteiger partial charge in [0.1, 0.15) is 24.4 Å². The Hall–Kier alpha value is -4.48. The van der Waals surface area contributed by atoms with E-state index in [0.29, 0.717) is 52.8 Å². The highest BCUT2D eigenvalue weighted by Crippen LogP contribution is 2.64. The van der Waals surface area contributed by atoms with Gasteiger partial charge >= 0.3 is 11.9 Å². The van der Waals surface area contributed by atoms with Crippen molar-refractivity contribution in [1.82, 2.24) is 15.1 Å². The maximum Gasteiger partial charge on any atom is 0.324 e. The molecule has 7 atom stereocenters. The van der Waals surface area contributed by atoms with Crippen LogP contribution >= 0.6 is 11.8 Å². The van der Waals surface area contributed by atoms with Gasteiger partial charge in [-0.15, -0.1) is 11.8 Å². The number of carbonyl (C=O) groups is 2. The number of esters is 2. The van der Waals surface area contributed by atoms with Gasteiger partial charge in [-0.2, -0.15) is 5.26 Å². The summed E-state index contributed by atoms with van der Waals surface area (Å²) in [5.41, 5.74) is 5.62. The standard InChI is InChI=1S/C38H40N4O8S/c1-18-11-22-12-24-25(13-39)42-26-15-47-38(45)23(40-14-21-9-7-6-8-10-21)16-51-37(31(42)30(41(24)4)27(22)32(44)33(18)46-5)29-28(26)36-35(48-17-49-36)19(2)34(29)50-20(3)43/h6-11,23-26,30-31,37,40,44H,12,14-17H2,1-5H3/t23-,24-,25+,26-,30-,31?,37-/m1/s1. The molecule has 2 N–H and O–H groups in total. The van der Waals surface area contributed by atoms with Crippen LogP contribution in [0.1, 0.15) is 63.2 Å². The van der Waals surface area contributed by atoms with E-state index in [4.69, 9.17) is 23.7 Å². The number of hydrogen-bond acceptors (Lipinski definition) is 13. The molecule has 6 aliphatic heterocycles. The van der Waals surface area contributed by atoms with E-state index in [1.165, 1.54) is 18.7 Å². The van der Waals surface area contributed by atoms with E-state index in [0.717, 1.165) is 27.8 Å². The van der Waals surface area contributed by atoms with Crippen LogP contribution in [0.15, 0.2) is 36.4 Å². The molecule has 4 bridgehead atoms. The molecule has 12 nitrogen and oxygen atoms in total. The van der Waals surface area contributed by atoms with Crippen molar-refractivity contribution in [2.24, 2.45) is 0 Å². The molecule has 0 spiro atoms. The zero-order valence-electron chi connectivity index (χ0n) is 29.1. The summed E-state index contributed by atoms with van der Waals surface area (Å²) >= 11 is 1.54. The van der Waals surface area contributed by atoms with Crippen LogP contribution in [0.3, 0.4) is 0 Å². The summed E-state index contributed by atoms with van der Waals surface area (Å²) < 4.78 is 30.1. The number of likely N-dealkylation sites (N-methyl/N-ethyl adjacent to an activating group) is 1. The summed E-state index contributed by atoms with van der Waals surface area (Å²) in [6, 6.07) is 11.5. The predicted octanol–water partition coefficient (Wildman–Crippen LogP) is 4.39. The smallest absolute Gasteiger partial charge is 0.324 e. The van der Waals surface area contributed by atoms with Crippen molar-refractivity contribution in [3.8, 4) is 34.8 Å². The van der Waals surface area contributed by atoms with Crippen molar-refractivity contribution in [3.05, 3.63) is 75.3 Å². The van der Waals surface area contributed by atoms with E-state index >= 15 is 0 Å². The number of methoxy groups -OCH3 is 1. The highest BCUT2D eigenvalue weighted by Gasteiger charge is 2.60. The first kappa shape index (κ1) is 33.7. The predicted molar refractivity (Wildman–Crippen MR) is 187 cm³/mol. The lowest BCUT2D eigenvalue weighted by atomic mass is 9.71. The number of fused-ring (bicyclic) bond motifs is 10. The first-order chi connectivity index (χ1) is 24.6. The van der Waals surface area contributed by atoms with Crippen molar-refractivity contribution in [1.29, 1.82) is 5.26 Å². The normalized spacial score (nSPS) is 27.8. The molecule has 0 radical (unpaired) electrons. The number of ether oxygens (including phenoxy) is 5. The van der Waals surface area contributed by atoms with Crippen LogP contribution in [0, 0.1) is 25.2 Å². The summed E-state index contributed by atoms with van der Waals surface area (Å²) in [6.07, 6.45) is 0.523. The Bertz CT molecular complexity index is 1970. The topological polar surface area (TPSA) is 143 Å². The lowest BCUT2D eigenvalue weighted by Crippen LogP contribution is -2.69.